The number of aromatic carboxylic acids is 1. The Hall–Kier alpha value is -2.58. The maximum absolute atomic E-state index is 10.6. The summed E-state index contributed by atoms with van der Waals surface area (Å²) in [5.74, 6) is -3.69. The lowest BCUT2D eigenvalue weighted by molar-refractivity contribution is -0.192. The van der Waals surface area contributed by atoms with Crippen LogP contribution in [-0.2, 0) is 4.79 Å². The number of H-pyrrole nitrogens is 1. The molecule has 0 aliphatic carbocycles. The van der Waals surface area contributed by atoms with E-state index in [-0.39, 0.29) is 5.56 Å². The van der Waals surface area contributed by atoms with Crippen molar-refractivity contribution in [3.8, 4) is 0 Å². The summed E-state index contributed by atoms with van der Waals surface area (Å²) in [6.07, 6.45) is -2.02. The summed E-state index contributed by atoms with van der Waals surface area (Å²) >= 11 is 0. The number of alkyl halides is 3. The SMILES string of the molecule is O=C(O)C(F)(F)F.O=C(O)c1c[nH]c2ncccc12. The van der Waals surface area contributed by atoms with Crippen molar-refractivity contribution >= 4 is 23.0 Å². The molecule has 0 atom stereocenters. The highest BCUT2D eigenvalue weighted by atomic mass is 19.4. The minimum Gasteiger partial charge on any atom is -0.478 e. The Labute approximate surface area is 103 Å². The van der Waals surface area contributed by atoms with Gasteiger partial charge in [-0.15, -0.1) is 0 Å². The molecule has 2 heterocycles. The standard InChI is InChI=1S/C8H6N2O2.C2HF3O2/c11-8(12)6-4-10-7-5(6)2-1-3-9-7;3-2(4,5)1(6)7/h1-4H,(H,9,10)(H,11,12);(H,6,7). The van der Waals surface area contributed by atoms with Gasteiger partial charge in [0.15, 0.2) is 0 Å². The third-order valence-corrected chi connectivity index (χ3v) is 1.92. The highest BCUT2D eigenvalue weighted by Gasteiger charge is 2.38. The van der Waals surface area contributed by atoms with Gasteiger partial charge in [-0.1, -0.05) is 0 Å². The molecule has 3 N–H and O–H groups in total. The van der Waals surface area contributed by atoms with Gasteiger partial charge in [0.1, 0.15) is 5.65 Å². The lowest BCUT2D eigenvalue weighted by Crippen LogP contribution is -2.21. The number of carboxylic acids is 2. The molecule has 0 aliphatic heterocycles. The van der Waals surface area contributed by atoms with E-state index in [1.54, 1.807) is 18.3 Å². The third-order valence-electron chi connectivity index (χ3n) is 1.92. The second-order valence-electron chi connectivity index (χ2n) is 3.21. The highest BCUT2D eigenvalue weighted by molar-refractivity contribution is 6.01. The number of fused-ring (bicyclic) bond motifs is 1. The van der Waals surface area contributed by atoms with Crippen LogP contribution < -0.4 is 0 Å². The Morgan fingerprint density at radius 3 is 2.32 bits per heavy atom. The first-order valence-electron chi connectivity index (χ1n) is 4.69. The van der Waals surface area contributed by atoms with Gasteiger partial charge in [-0.05, 0) is 12.1 Å². The summed E-state index contributed by atoms with van der Waals surface area (Å²) < 4.78 is 31.7. The number of hydrogen-bond donors (Lipinski definition) is 3. The van der Waals surface area contributed by atoms with Gasteiger partial charge in [-0.25, -0.2) is 14.6 Å². The van der Waals surface area contributed by atoms with Gasteiger partial charge in [0.2, 0.25) is 0 Å². The first-order chi connectivity index (χ1) is 8.73. The second kappa shape index (κ2) is 5.38. The van der Waals surface area contributed by atoms with Crippen LogP contribution >= 0.6 is 0 Å². The maximum atomic E-state index is 10.6. The number of carbonyl (C=O) groups is 2. The van der Waals surface area contributed by atoms with Crippen LogP contribution in [0.15, 0.2) is 24.5 Å². The summed E-state index contributed by atoms with van der Waals surface area (Å²) in [5, 5.41) is 16.5. The minimum atomic E-state index is -5.08. The zero-order valence-electron chi connectivity index (χ0n) is 9.10. The van der Waals surface area contributed by atoms with E-state index < -0.39 is 18.1 Å². The fourth-order valence-electron chi connectivity index (χ4n) is 1.13. The average molecular weight is 276 g/mol. The number of pyridine rings is 1. The number of aliphatic carboxylic acids is 1. The number of rotatable bonds is 1. The molecule has 0 spiro atoms. The topological polar surface area (TPSA) is 103 Å². The van der Waals surface area contributed by atoms with Gasteiger partial charge in [0, 0.05) is 17.8 Å². The van der Waals surface area contributed by atoms with Crippen molar-refractivity contribution in [2.45, 2.75) is 6.18 Å². The van der Waals surface area contributed by atoms with Crippen LogP contribution in [0.4, 0.5) is 13.2 Å². The first-order valence-corrected chi connectivity index (χ1v) is 4.69. The molecule has 102 valence electrons. The second-order valence-corrected chi connectivity index (χ2v) is 3.21. The van der Waals surface area contributed by atoms with Crippen molar-refractivity contribution < 1.29 is 33.0 Å². The van der Waals surface area contributed by atoms with Crippen LogP contribution in [0.2, 0.25) is 0 Å². The van der Waals surface area contributed by atoms with Crippen LogP contribution in [-0.4, -0.2) is 38.3 Å². The van der Waals surface area contributed by atoms with Crippen molar-refractivity contribution in [2.24, 2.45) is 0 Å². The number of hydrogen-bond acceptors (Lipinski definition) is 3. The molecule has 0 bridgehead atoms. The largest absolute Gasteiger partial charge is 0.490 e. The van der Waals surface area contributed by atoms with Crippen LogP contribution in [0.3, 0.4) is 0 Å². The van der Waals surface area contributed by atoms with E-state index in [4.69, 9.17) is 15.0 Å². The number of aromatic amines is 1. The first kappa shape index (κ1) is 14.5. The molecule has 0 unspecified atom stereocenters. The van der Waals surface area contributed by atoms with E-state index in [1.165, 1.54) is 6.20 Å². The molecule has 6 nitrogen and oxygen atoms in total. The lowest BCUT2D eigenvalue weighted by atomic mass is 10.2. The van der Waals surface area contributed by atoms with E-state index in [2.05, 4.69) is 9.97 Å². The molecule has 0 radical (unpaired) electrons. The normalized spacial score (nSPS) is 10.7. The number of aromatic nitrogens is 2. The van der Waals surface area contributed by atoms with Gasteiger partial charge in [-0.2, -0.15) is 13.2 Å². The Kier molecular flexibility index (Phi) is 4.10. The number of halogens is 3. The summed E-state index contributed by atoms with van der Waals surface area (Å²) in [5.41, 5.74) is 0.869. The molecule has 0 aromatic carbocycles. The zero-order valence-corrected chi connectivity index (χ0v) is 9.10. The Bertz CT molecular complexity index is 606. The average Bonchev–Trinajstić information content (AvgIpc) is 2.72. The molecule has 0 aliphatic rings. The number of nitrogens with one attached hydrogen (secondary N) is 1. The number of carboxylic acid groups (broad SMARTS) is 2. The van der Waals surface area contributed by atoms with E-state index >= 15 is 0 Å². The fourth-order valence-corrected chi connectivity index (χ4v) is 1.13. The summed E-state index contributed by atoms with van der Waals surface area (Å²) in [4.78, 5) is 26.3. The van der Waals surface area contributed by atoms with Crippen LogP contribution in [0.25, 0.3) is 11.0 Å². The monoisotopic (exact) mass is 276 g/mol. The maximum Gasteiger partial charge on any atom is 0.490 e. The number of nitrogens with zero attached hydrogens (tertiary/aromatic N) is 1. The van der Waals surface area contributed by atoms with Gasteiger partial charge in [0.05, 0.1) is 5.56 Å². The van der Waals surface area contributed by atoms with Crippen molar-refractivity contribution in [3.05, 3.63) is 30.1 Å². The molecule has 19 heavy (non-hydrogen) atoms. The van der Waals surface area contributed by atoms with Gasteiger partial charge >= 0.3 is 18.1 Å². The van der Waals surface area contributed by atoms with E-state index in [0.717, 1.165) is 0 Å². The predicted octanol–water partition coefficient (Wildman–Crippen LogP) is 1.89. The quantitative estimate of drug-likeness (QED) is 0.738. The van der Waals surface area contributed by atoms with Gasteiger partial charge < -0.3 is 15.2 Å². The Morgan fingerprint density at radius 2 is 1.84 bits per heavy atom. The van der Waals surface area contributed by atoms with Crippen molar-refractivity contribution in [2.75, 3.05) is 0 Å². The van der Waals surface area contributed by atoms with Crippen LogP contribution in [0.1, 0.15) is 10.4 Å². The van der Waals surface area contributed by atoms with E-state index in [9.17, 15) is 18.0 Å². The van der Waals surface area contributed by atoms with Crippen molar-refractivity contribution in [3.63, 3.8) is 0 Å². The third kappa shape index (κ3) is 3.69. The zero-order chi connectivity index (χ0) is 14.6. The molecule has 2 aromatic rings. The van der Waals surface area contributed by atoms with Gasteiger partial charge in [-0.3, -0.25) is 0 Å². The molecule has 0 fully saturated rings. The van der Waals surface area contributed by atoms with Crippen molar-refractivity contribution in [1.82, 2.24) is 9.97 Å². The summed E-state index contributed by atoms with van der Waals surface area (Å²) in [6, 6.07) is 3.44. The molecular formula is C10H7F3N2O4. The predicted molar refractivity (Wildman–Crippen MR) is 56.7 cm³/mol. The summed E-state index contributed by atoms with van der Waals surface area (Å²) in [7, 11) is 0. The molecule has 0 saturated heterocycles. The summed E-state index contributed by atoms with van der Waals surface area (Å²) in [6.45, 7) is 0. The molecule has 9 heteroatoms. The molecular weight excluding hydrogens is 269 g/mol. The van der Waals surface area contributed by atoms with Gasteiger partial charge in [0.25, 0.3) is 0 Å². The Balaban J connectivity index is 0.000000224. The van der Waals surface area contributed by atoms with E-state index in [1.807, 2.05) is 0 Å². The molecule has 0 saturated carbocycles. The fraction of sp³-hybridized carbons (Fsp3) is 0.100. The Morgan fingerprint density at radius 1 is 1.26 bits per heavy atom. The van der Waals surface area contributed by atoms with Crippen LogP contribution in [0.5, 0.6) is 0 Å². The highest BCUT2D eigenvalue weighted by Crippen LogP contribution is 2.14. The van der Waals surface area contributed by atoms with E-state index in [0.29, 0.717) is 11.0 Å². The molecule has 2 aromatic heterocycles. The molecule has 0 amide bonds. The van der Waals surface area contributed by atoms with Crippen molar-refractivity contribution in [1.29, 1.82) is 0 Å². The minimum absolute atomic E-state index is 0.262. The molecule has 2 rings (SSSR count). The van der Waals surface area contributed by atoms with Crippen LogP contribution in [0, 0.1) is 0 Å². The smallest absolute Gasteiger partial charge is 0.478 e. The lowest BCUT2D eigenvalue weighted by Gasteiger charge is -1.93.